The third-order valence-electron chi connectivity index (χ3n) is 3.04. The molecule has 2 N–H and O–H groups in total. The molecule has 2 atom stereocenters. The first kappa shape index (κ1) is 13.8. The van der Waals surface area contributed by atoms with Crippen molar-refractivity contribution in [2.24, 2.45) is 0 Å². The van der Waals surface area contributed by atoms with Crippen LogP contribution in [0.25, 0.3) is 0 Å². The summed E-state index contributed by atoms with van der Waals surface area (Å²) in [6.07, 6.45) is 1.62. The van der Waals surface area contributed by atoms with Gasteiger partial charge >= 0.3 is 0 Å². The number of ether oxygens (including phenoxy) is 1. The monoisotopic (exact) mass is 333 g/mol. The first-order valence-corrected chi connectivity index (χ1v) is 8.26. The van der Waals surface area contributed by atoms with Gasteiger partial charge in [0.1, 0.15) is 0 Å². The van der Waals surface area contributed by atoms with E-state index in [1.165, 1.54) is 0 Å². The lowest BCUT2D eigenvalue weighted by Gasteiger charge is -2.13. The van der Waals surface area contributed by atoms with E-state index in [0.29, 0.717) is 4.47 Å². The van der Waals surface area contributed by atoms with Gasteiger partial charge in [-0.25, -0.2) is 8.42 Å². The molecule has 1 aliphatic rings. The highest BCUT2D eigenvalue weighted by atomic mass is 79.9. The smallest absolute Gasteiger partial charge is 0.182 e. The molecule has 1 saturated heterocycles. The van der Waals surface area contributed by atoms with Crippen molar-refractivity contribution in [1.29, 1.82) is 0 Å². The molecule has 1 fully saturated rings. The summed E-state index contributed by atoms with van der Waals surface area (Å²) in [5.74, 6) is -0.00199. The zero-order valence-corrected chi connectivity index (χ0v) is 12.5. The molecule has 1 heterocycles. The molecule has 1 aliphatic heterocycles. The molecule has 2 unspecified atom stereocenters. The van der Waals surface area contributed by atoms with Crippen LogP contribution in [0.2, 0.25) is 0 Å². The Balaban J connectivity index is 2.23. The molecule has 1 aromatic rings. The van der Waals surface area contributed by atoms with Gasteiger partial charge in [0.05, 0.1) is 28.5 Å². The summed E-state index contributed by atoms with van der Waals surface area (Å²) in [6.45, 7) is 1.96. The Hall–Kier alpha value is -0.590. The summed E-state index contributed by atoms with van der Waals surface area (Å²) in [5, 5.41) is 0. The van der Waals surface area contributed by atoms with Crippen LogP contribution >= 0.6 is 15.9 Å². The average Bonchev–Trinajstić information content (AvgIpc) is 2.66. The Morgan fingerprint density at radius 3 is 2.78 bits per heavy atom. The van der Waals surface area contributed by atoms with Crippen LogP contribution in [-0.2, 0) is 14.6 Å². The molecule has 0 bridgehead atoms. The first-order valence-electron chi connectivity index (χ1n) is 5.82. The van der Waals surface area contributed by atoms with Gasteiger partial charge in [0.2, 0.25) is 0 Å². The second kappa shape index (κ2) is 5.19. The Labute approximate surface area is 116 Å². The lowest BCUT2D eigenvalue weighted by molar-refractivity contribution is 0.0690. The largest absolute Gasteiger partial charge is 0.398 e. The van der Waals surface area contributed by atoms with Crippen molar-refractivity contribution in [1.82, 2.24) is 0 Å². The van der Waals surface area contributed by atoms with Crippen LogP contribution in [0, 0.1) is 0 Å². The van der Waals surface area contributed by atoms with Gasteiger partial charge in [-0.2, -0.15) is 0 Å². The highest BCUT2D eigenvalue weighted by molar-refractivity contribution is 9.10. The Morgan fingerprint density at radius 1 is 1.44 bits per heavy atom. The standard InChI is InChI=1S/C12H16BrNO3S/c1-8-2-4-10(17-8)7-18(15,16)12-6-9(13)3-5-11(12)14/h3,5-6,8,10H,2,4,7,14H2,1H3. The van der Waals surface area contributed by atoms with E-state index in [0.717, 1.165) is 12.8 Å². The maximum Gasteiger partial charge on any atom is 0.182 e. The summed E-state index contributed by atoms with van der Waals surface area (Å²) in [7, 11) is -3.40. The van der Waals surface area contributed by atoms with Gasteiger partial charge in [0.25, 0.3) is 0 Å². The van der Waals surface area contributed by atoms with Gasteiger partial charge in [-0.05, 0) is 38.0 Å². The predicted octanol–water partition coefficient (Wildman–Crippen LogP) is 2.37. The van der Waals surface area contributed by atoms with Gasteiger partial charge in [0.15, 0.2) is 9.84 Å². The van der Waals surface area contributed by atoms with E-state index in [1.807, 2.05) is 6.92 Å². The molecule has 1 aromatic carbocycles. The number of sulfone groups is 1. The van der Waals surface area contributed by atoms with E-state index in [2.05, 4.69) is 15.9 Å². The number of nitrogen functional groups attached to an aromatic ring is 1. The van der Waals surface area contributed by atoms with Crippen LogP contribution in [0.3, 0.4) is 0 Å². The summed E-state index contributed by atoms with van der Waals surface area (Å²) in [6, 6.07) is 4.86. The first-order chi connectivity index (χ1) is 8.38. The van der Waals surface area contributed by atoms with Gasteiger partial charge in [-0.3, -0.25) is 0 Å². The van der Waals surface area contributed by atoms with Gasteiger partial charge < -0.3 is 10.5 Å². The average molecular weight is 334 g/mol. The number of nitrogens with two attached hydrogens (primary N) is 1. The number of anilines is 1. The molecule has 4 nitrogen and oxygen atoms in total. The van der Waals surface area contributed by atoms with Crippen molar-refractivity contribution in [3.8, 4) is 0 Å². The van der Waals surface area contributed by atoms with Crippen LogP contribution in [0.15, 0.2) is 27.6 Å². The Bertz CT molecular complexity index is 544. The second-order valence-corrected chi connectivity index (χ2v) is 7.53. The minimum absolute atomic E-state index is 0.00199. The third kappa shape index (κ3) is 3.05. The number of halogens is 1. The zero-order chi connectivity index (χ0) is 13.3. The number of hydrogen-bond acceptors (Lipinski definition) is 4. The maximum atomic E-state index is 12.3. The molecule has 0 aromatic heterocycles. The van der Waals surface area contributed by atoms with Crippen molar-refractivity contribution >= 4 is 31.5 Å². The number of hydrogen-bond donors (Lipinski definition) is 1. The molecule has 0 aliphatic carbocycles. The molecule has 6 heteroatoms. The van der Waals surface area contributed by atoms with E-state index in [-0.39, 0.29) is 28.5 Å². The summed E-state index contributed by atoms with van der Waals surface area (Å²) in [5.41, 5.74) is 6.02. The highest BCUT2D eigenvalue weighted by Crippen LogP contribution is 2.27. The molecular weight excluding hydrogens is 318 g/mol. The number of benzene rings is 1. The van der Waals surface area contributed by atoms with E-state index in [1.54, 1.807) is 18.2 Å². The fraction of sp³-hybridized carbons (Fsp3) is 0.500. The topological polar surface area (TPSA) is 69.4 Å². The summed E-state index contributed by atoms with van der Waals surface area (Å²) >= 11 is 3.26. The van der Waals surface area contributed by atoms with Gasteiger partial charge in [-0.15, -0.1) is 0 Å². The fourth-order valence-corrected chi connectivity index (χ4v) is 4.28. The van der Waals surface area contributed by atoms with E-state index in [4.69, 9.17) is 10.5 Å². The molecule has 0 amide bonds. The molecule has 0 saturated carbocycles. The maximum absolute atomic E-state index is 12.3. The fourth-order valence-electron chi connectivity index (χ4n) is 2.12. The van der Waals surface area contributed by atoms with Crippen LogP contribution in [-0.4, -0.2) is 26.4 Å². The highest BCUT2D eigenvalue weighted by Gasteiger charge is 2.29. The predicted molar refractivity (Wildman–Crippen MR) is 74.2 cm³/mol. The van der Waals surface area contributed by atoms with E-state index < -0.39 is 9.84 Å². The molecular formula is C12H16BrNO3S. The molecule has 0 spiro atoms. The summed E-state index contributed by atoms with van der Waals surface area (Å²) < 4.78 is 30.8. The van der Waals surface area contributed by atoms with Crippen LogP contribution < -0.4 is 5.73 Å². The second-order valence-electron chi connectivity index (χ2n) is 4.61. The van der Waals surface area contributed by atoms with Crippen molar-refractivity contribution in [2.75, 3.05) is 11.5 Å². The van der Waals surface area contributed by atoms with Crippen molar-refractivity contribution < 1.29 is 13.2 Å². The summed E-state index contributed by atoms with van der Waals surface area (Å²) in [4.78, 5) is 0.181. The van der Waals surface area contributed by atoms with Crippen LogP contribution in [0.1, 0.15) is 19.8 Å². The molecule has 100 valence electrons. The lowest BCUT2D eigenvalue weighted by Crippen LogP contribution is -2.22. The van der Waals surface area contributed by atoms with E-state index in [9.17, 15) is 8.42 Å². The van der Waals surface area contributed by atoms with Gasteiger partial charge in [0, 0.05) is 4.47 Å². The van der Waals surface area contributed by atoms with Gasteiger partial charge in [-0.1, -0.05) is 15.9 Å². The Morgan fingerprint density at radius 2 is 2.17 bits per heavy atom. The molecule has 18 heavy (non-hydrogen) atoms. The number of rotatable bonds is 3. The van der Waals surface area contributed by atoms with Crippen LogP contribution in [0.4, 0.5) is 5.69 Å². The minimum atomic E-state index is -3.40. The quantitative estimate of drug-likeness (QED) is 0.862. The minimum Gasteiger partial charge on any atom is -0.398 e. The van der Waals surface area contributed by atoms with E-state index >= 15 is 0 Å². The Kier molecular flexibility index (Phi) is 3.99. The lowest BCUT2D eigenvalue weighted by atomic mass is 10.2. The molecule has 2 rings (SSSR count). The van der Waals surface area contributed by atoms with Crippen molar-refractivity contribution in [3.63, 3.8) is 0 Å². The molecule has 0 radical (unpaired) electrons. The van der Waals surface area contributed by atoms with Crippen molar-refractivity contribution in [2.45, 2.75) is 36.9 Å². The zero-order valence-electron chi connectivity index (χ0n) is 10.1. The van der Waals surface area contributed by atoms with Crippen molar-refractivity contribution in [3.05, 3.63) is 22.7 Å². The normalized spacial score (nSPS) is 24.3. The SMILES string of the molecule is CC1CCC(CS(=O)(=O)c2cc(Br)ccc2N)O1. The van der Waals surface area contributed by atoms with Crippen LogP contribution in [0.5, 0.6) is 0 Å². The third-order valence-corrected chi connectivity index (χ3v) is 5.36.